The number of rotatable bonds is 6. The van der Waals surface area contributed by atoms with Crippen LogP contribution in [0.2, 0.25) is 0 Å². The quantitative estimate of drug-likeness (QED) is 0.120. The summed E-state index contributed by atoms with van der Waals surface area (Å²) in [5.41, 5.74) is 0. The third-order valence-corrected chi connectivity index (χ3v) is 11.0. The van der Waals surface area contributed by atoms with Crippen LogP contribution in [0.1, 0.15) is 0 Å². The predicted molar refractivity (Wildman–Crippen MR) is 185 cm³/mol. The molecule has 0 aliphatic rings. The zero-order chi connectivity index (χ0) is 25.8. The Morgan fingerprint density at radius 3 is 0.452 bits per heavy atom. The molecule has 0 nitrogen and oxygen atoms in total. The molecule has 0 spiro atoms. The molecular formula is C36H32Cl2P2Pd2. The minimum atomic E-state index is -0.446. The molecule has 6 aromatic carbocycles. The van der Waals surface area contributed by atoms with Crippen LogP contribution in [0.3, 0.4) is 0 Å². The molecule has 0 aliphatic heterocycles. The van der Waals surface area contributed by atoms with E-state index >= 15 is 0 Å². The fourth-order valence-corrected chi connectivity index (χ4v) is 8.97. The largest absolute Gasteiger partial charge is 0.147 e. The number of hydrogen-bond acceptors (Lipinski definition) is 0. The molecule has 0 amide bonds. The van der Waals surface area contributed by atoms with Gasteiger partial charge in [0.1, 0.15) is 0 Å². The Kier molecular flexibility index (Phi) is 19.0. The molecule has 0 N–H and O–H groups in total. The van der Waals surface area contributed by atoms with E-state index in [0.717, 1.165) is 0 Å². The molecular weight excluding hydrogens is 778 g/mol. The van der Waals surface area contributed by atoms with E-state index in [9.17, 15) is 0 Å². The fourth-order valence-electron chi connectivity index (χ4n) is 4.36. The first-order valence-corrected chi connectivity index (χ1v) is 15.5. The van der Waals surface area contributed by atoms with Gasteiger partial charge >= 0.3 is 0 Å². The van der Waals surface area contributed by atoms with Gasteiger partial charge in [-0.25, -0.2) is 0 Å². The maximum absolute atomic E-state index is 2.23. The Morgan fingerprint density at radius 2 is 0.333 bits per heavy atom. The van der Waals surface area contributed by atoms with Gasteiger partial charge in [0.2, 0.25) is 0 Å². The monoisotopic (exact) mass is 808 g/mol. The van der Waals surface area contributed by atoms with Crippen molar-refractivity contribution in [3.63, 3.8) is 0 Å². The van der Waals surface area contributed by atoms with E-state index in [0.29, 0.717) is 0 Å². The van der Waals surface area contributed by atoms with Gasteiger partial charge in [0.15, 0.2) is 0 Å². The van der Waals surface area contributed by atoms with Gasteiger partial charge in [-0.1, -0.05) is 182 Å². The molecule has 0 heterocycles. The second kappa shape index (κ2) is 20.9. The zero-order valence-electron chi connectivity index (χ0n) is 22.7. The van der Waals surface area contributed by atoms with Gasteiger partial charge in [0.05, 0.1) is 0 Å². The molecule has 0 unspecified atom stereocenters. The molecule has 0 fully saturated rings. The normalized spacial score (nSPS) is 9.57. The smallest absolute Gasteiger partial charge is 0 e. The van der Waals surface area contributed by atoms with Gasteiger partial charge < -0.3 is 0 Å². The van der Waals surface area contributed by atoms with E-state index in [1.54, 1.807) is 0 Å². The zero-order valence-corrected chi connectivity index (χ0v) is 29.2. The average Bonchev–Trinajstić information content (AvgIpc) is 3.01. The van der Waals surface area contributed by atoms with Crippen molar-refractivity contribution in [2.75, 3.05) is 0 Å². The van der Waals surface area contributed by atoms with E-state index in [2.05, 4.69) is 182 Å². The Bertz CT molecular complexity index is 1190. The van der Waals surface area contributed by atoms with Crippen LogP contribution in [0.5, 0.6) is 0 Å². The van der Waals surface area contributed by atoms with Crippen LogP contribution in [0.25, 0.3) is 0 Å². The second-order valence-electron chi connectivity index (χ2n) is 8.68. The van der Waals surface area contributed by atoms with Crippen molar-refractivity contribution in [3.8, 4) is 0 Å². The molecule has 42 heavy (non-hydrogen) atoms. The molecule has 0 saturated heterocycles. The van der Waals surface area contributed by atoms with Crippen molar-refractivity contribution in [3.05, 3.63) is 182 Å². The van der Waals surface area contributed by atoms with Crippen molar-refractivity contribution in [2.24, 2.45) is 0 Å². The van der Waals surface area contributed by atoms with Crippen LogP contribution in [-0.4, -0.2) is 0 Å². The molecule has 0 saturated carbocycles. The standard InChI is InChI=1S/2C18H15P.2ClH.2Pd/c2*1-4-10-16(11-5-1)19(17-12-6-2-7-13-17)18-14-8-3-9-15-18;;;;/h2*1-15H;2*1H;;. The van der Waals surface area contributed by atoms with Gasteiger partial charge in [0.25, 0.3) is 0 Å². The van der Waals surface area contributed by atoms with Gasteiger partial charge in [0, 0.05) is 40.8 Å². The third kappa shape index (κ3) is 10.7. The predicted octanol–water partition coefficient (Wildman–Crippen LogP) is 7.73. The molecule has 0 aliphatic carbocycles. The molecule has 0 bridgehead atoms. The molecule has 6 rings (SSSR count). The van der Waals surface area contributed by atoms with Crippen molar-refractivity contribution >= 4 is 72.5 Å². The molecule has 0 radical (unpaired) electrons. The van der Waals surface area contributed by atoms with Crippen LogP contribution in [-0.2, 0) is 40.8 Å². The average molecular weight is 810 g/mol. The summed E-state index contributed by atoms with van der Waals surface area (Å²) in [5, 5.41) is 8.39. The summed E-state index contributed by atoms with van der Waals surface area (Å²) in [7, 11) is -0.892. The van der Waals surface area contributed by atoms with Crippen molar-refractivity contribution < 1.29 is 40.8 Å². The first kappa shape index (κ1) is 38.1. The van der Waals surface area contributed by atoms with E-state index in [1.165, 1.54) is 31.8 Å². The summed E-state index contributed by atoms with van der Waals surface area (Å²) in [4.78, 5) is 0. The first-order valence-electron chi connectivity index (χ1n) is 12.8. The van der Waals surface area contributed by atoms with Crippen LogP contribution < -0.4 is 31.8 Å². The van der Waals surface area contributed by atoms with E-state index < -0.39 is 15.8 Å². The Labute approximate surface area is 293 Å². The molecule has 6 aromatic rings. The molecule has 6 heteroatoms. The summed E-state index contributed by atoms with van der Waals surface area (Å²) in [5.74, 6) is 0. The summed E-state index contributed by atoms with van der Waals surface area (Å²) >= 11 is 0. The van der Waals surface area contributed by atoms with Crippen LogP contribution in [0.15, 0.2) is 182 Å². The minimum absolute atomic E-state index is 0. The fraction of sp³-hybridized carbons (Fsp3) is 0. The Balaban J connectivity index is 0.000000383. The van der Waals surface area contributed by atoms with E-state index in [4.69, 9.17) is 0 Å². The van der Waals surface area contributed by atoms with Crippen LogP contribution in [0, 0.1) is 0 Å². The molecule has 0 aromatic heterocycles. The summed E-state index contributed by atoms with van der Waals surface area (Å²) < 4.78 is 0. The van der Waals surface area contributed by atoms with Gasteiger partial charge in [-0.05, 0) is 47.7 Å². The van der Waals surface area contributed by atoms with Gasteiger partial charge in [-0.2, -0.15) is 0 Å². The maximum atomic E-state index is 2.23. The van der Waals surface area contributed by atoms with E-state index in [1.807, 2.05) is 0 Å². The number of halogens is 2. The number of hydrogen-bond donors (Lipinski definition) is 0. The minimum Gasteiger partial charge on any atom is -0.147 e. The van der Waals surface area contributed by atoms with Crippen molar-refractivity contribution in [1.29, 1.82) is 0 Å². The SMILES string of the molecule is Cl.Cl.[Pd].[Pd].c1ccc(P(c2ccccc2)c2ccccc2)cc1.c1ccc(P(c2ccccc2)c2ccccc2)cc1. The molecule has 0 atom stereocenters. The maximum Gasteiger partial charge on any atom is 0 e. The summed E-state index contributed by atoms with van der Waals surface area (Å²) in [6, 6.07) is 64.7. The second-order valence-corrected chi connectivity index (χ2v) is 13.1. The Hall–Kier alpha value is -1.92. The first-order chi connectivity index (χ1) is 18.9. The van der Waals surface area contributed by atoms with Crippen LogP contribution >= 0.6 is 40.7 Å². The Morgan fingerprint density at radius 1 is 0.214 bits per heavy atom. The van der Waals surface area contributed by atoms with E-state index in [-0.39, 0.29) is 65.7 Å². The van der Waals surface area contributed by atoms with Gasteiger partial charge in [-0.15, -0.1) is 24.8 Å². The molecule has 220 valence electrons. The van der Waals surface area contributed by atoms with Crippen molar-refractivity contribution in [2.45, 2.75) is 0 Å². The third-order valence-electron chi connectivity index (χ3n) is 6.09. The summed E-state index contributed by atoms with van der Waals surface area (Å²) in [6.45, 7) is 0. The number of benzene rings is 6. The van der Waals surface area contributed by atoms with Gasteiger partial charge in [-0.3, -0.25) is 0 Å². The topological polar surface area (TPSA) is 0 Å². The summed E-state index contributed by atoms with van der Waals surface area (Å²) in [6.07, 6.45) is 0. The van der Waals surface area contributed by atoms with Crippen LogP contribution in [0.4, 0.5) is 0 Å². The van der Waals surface area contributed by atoms with Crippen molar-refractivity contribution in [1.82, 2.24) is 0 Å².